The van der Waals surface area contributed by atoms with E-state index in [1.54, 1.807) is 0 Å². The maximum Gasteiger partial charge on any atom is 0.00457 e. The molecule has 0 saturated heterocycles. The Hall–Kier alpha value is -1.64. The van der Waals surface area contributed by atoms with Crippen molar-refractivity contribution < 1.29 is 0 Å². The van der Waals surface area contributed by atoms with Gasteiger partial charge in [-0.25, -0.2) is 0 Å². The molecule has 23 heavy (non-hydrogen) atoms. The number of nitrogens with zero attached hydrogens (tertiary/aromatic N) is 1. The maximum absolute atomic E-state index is 2.23. The van der Waals surface area contributed by atoms with Gasteiger partial charge in [-0.05, 0) is 67.7 Å². The Morgan fingerprint density at radius 1 is 0.913 bits per heavy atom. The van der Waals surface area contributed by atoms with Crippen molar-refractivity contribution in [3.63, 3.8) is 0 Å². The molecule has 0 atom stereocenters. The fourth-order valence-corrected chi connectivity index (χ4v) is 3.38. The van der Waals surface area contributed by atoms with Crippen molar-refractivity contribution in [3.8, 4) is 0 Å². The lowest BCUT2D eigenvalue weighted by molar-refractivity contribution is 0.401. The third-order valence-electron chi connectivity index (χ3n) is 3.87. The van der Waals surface area contributed by atoms with Gasteiger partial charge < -0.3 is 4.90 Å². The second-order valence-corrected chi connectivity index (χ2v) is 7.01. The molecule has 1 aromatic heterocycles. The first-order chi connectivity index (χ1) is 11.2. The van der Waals surface area contributed by atoms with Gasteiger partial charge in [0.05, 0.1) is 0 Å². The lowest BCUT2D eigenvalue weighted by Gasteiger charge is -2.07. The molecule has 1 heterocycles. The van der Waals surface area contributed by atoms with Gasteiger partial charge in [0.15, 0.2) is 0 Å². The van der Waals surface area contributed by atoms with E-state index >= 15 is 0 Å². The van der Waals surface area contributed by atoms with E-state index in [9.17, 15) is 0 Å². The van der Waals surface area contributed by atoms with E-state index in [0.29, 0.717) is 0 Å². The first kappa shape index (κ1) is 17.7. The number of benzene rings is 2. The minimum atomic E-state index is 1.11. The van der Waals surface area contributed by atoms with Crippen LogP contribution >= 0.6 is 11.3 Å². The molecule has 0 unspecified atom stereocenters. The first-order valence-corrected chi connectivity index (χ1v) is 9.22. The molecule has 0 N–H and O–H groups in total. The molecule has 3 rings (SSSR count). The lowest BCUT2D eigenvalue weighted by Crippen LogP contribution is -2.13. The van der Waals surface area contributed by atoms with Crippen LogP contribution in [-0.4, -0.2) is 25.5 Å². The van der Waals surface area contributed by atoms with Gasteiger partial charge in [-0.3, -0.25) is 0 Å². The number of fused-ring (bicyclic) bond motifs is 1. The summed E-state index contributed by atoms with van der Waals surface area (Å²) in [6.07, 6.45) is 3.62. The third-order valence-corrected chi connectivity index (χ3v) is 4.81. The number of hydrogen-bond donors (Lipinski definition) is 0. The van der Waals surface area contributed by atoms with Crippen molar-refractivity contribution >= 4 is 22.1 Å². The van der Waals surface area contributed by atoms with Gasteiger partial charge in [-0.1, -0.05) is 55.5 Å². The molecule has 3 aromatic rings. The Morgan fingerprint density at radius 3 is 2.39 bits per heavy atom. The predicted octanol–water partition coefficient (Wildman–Crippen LogP) is 5.64. The van der Waals surface area contributed by atoms with E-state index < -0.39 is 0 Å². The Bertz CT molecular complexity index is 681. The van der Waals surface area contributed by atoms with E-state index in [1.165, 1.54) is 40.6 Å². The molecule has 0 fully saturated rings. The van der Waals surface area contributed by atoms with Gasteiger partial charge in [-0.2, -0.15) is 0 Å². The van der Waals surface area contributed by atoms with Crippen molar-refractivity contribution in [1.82, 2.24) is 4.90 Å². The topological polar surface area (TPSA) is 3.24 Å². The molecule has 0 aliphatic heterocycles. The SMILES string of the molecule is CCc1cccc2ccccc12.CN(C)CCCc1cccs1. The van der Waals surface area contributed by atoms with E-state index in [0.717, 1.165) is 6.42 Å². The summed E-state index contributed by atoms with van der Waals surface area (Å²) in [7, 11) is 4.24. The molecular formula is C21H27NS. The molecule has 2 heteroatoms. The van der Waals surface area contributed by atoms with E-state index in [1.807, 2.05) is 11.3 Å². The Labute approximate surface area is 144 Å². The molecule has 0 saturated carbocycles. The van der Waals surface area contributed by atoms with Crippen LogP contribution in [0.25, 0.3) is 10.8 Å². The Kier molecular flexibility index (Phi) is 7.31. The fourth-order valence-electron chi connectivity index (χ4n) is 2.63. The molecule has 0 aliphatic rings. The molecule has 1 nitrogen and oxygen atoms in total. The molecule has 0 aliphatic carbocycles. The van der Waals surface area contributed by atoms with E-state index in [2.05, 4.69) is 85.9 Å². The summed E-state index contributed by atoms with van der Waals surface area (Å²) in [6, 6.07) is 19.3. The summed E-state index contributed by atoms with van der Waals surface area (Å²) in [6.45, 7) is 3.39. The van der Waals surface area contributed by atoms with Gasteiger partial charge in [0.1, 0.15) is 0 Å². The summed E-state index contributed by atoms with van der Waals surface area (Å²) in [4.78, 5) is 3.74. The van der Waals surface area contributed by atoms with Crippen LogP contribution in [0.3, 0.4) is 0 Å². The summed E-state index contributed by atoms with van der Waals surface area (Å²) < 4.78 is 0. The van der Waals surface area contributed by atoms with Crippen LogP contribution in [-0.2, 0) is 12.8 Å². The second-order valence-electron chi connectivity index (χ2n) is 5.98. The summed E-state index contributed by atoms with van der Waals surface area (Å²) in [5.41, 5.74) is 1.44. The van der Waals surface area contributed by atoms with Crippen LogP contribution in [0.1, 0.15) is 23.8 Å². The molecule has 122 valence electrons. The van der Waals surface area contributed by atoms with Crippen molar-refractivity contribution in [1.29, 1.82) is 0 Å². The Balaban J connectivity index is 0.000000168. The smallest absolute Gasteiger partial charge is 0.00457 e. The number of aryl methyl sites for hydroxylation is 2. The molecular weight excluding hydrogens is 298 g/mol. The second kappa shape index (κ2) is 9.49. The van der Waals surface area contributed by atoms with E-state index in [-0.39, 0.29) is 0 Å². The predicted molar refractivity (Wildman–Crippen MR) is 105 cm³/mol. The van der Waals surface area contributed by atoms with Crippen LogP contribution in [0.4, 0.5) is 0 Å². The highest BCUT2D eigenvalue weighted by Crippen LogP contribution is 2.18. The van der Waals surface area contributed by atoms with E-state index in [4.69, 9.17) is 0 Å². The van der Waals surface area contributed by atoms with Crippen molar-refractivity contribution in [3.05, 3.63) is 70.4 Å². The largest absolute Gasteiger partial charge is 0.309 e. The quantitative estimate of drug-likeness (QED) is 0.586. The zero-order chi connectivity index (χ0) is 16.5. The van der Waals surface area contributed by atoms with Gasteiger partial charge >= 0.3 is 0 Å². The van der Waals surface area contributed by atoms with Crippen LogP contribution in [0.5, 0.6) is 0 Å². The molecule has 0 amide bonds. The highest BCUT2D eigenvalue weighted by molar-refractivity contribution is 7.09. The van der Waals surface area contributed by atoms with Crippen molar-refractivity contribution in [2.75, 3.05) is 20.6 Å². The lowest BCUT2D eigenvalue weighted by atomic mass is 10.0. The number of thiophene rings is 1. The van der Waals surface area contributed by atoms with Gasteiger partial charge in [0.25, 0.3) is 0 Å². The monoisotopic (exact) mass is 325 g/mol. The average molecular weight is 326 g/mol. The van der Waals surface area contributed by atoms with Gasteiger partial charge in [0, 0.05) is 4.88 Å². The molecule has 0 radical (unpaired) electrons. The standard InChI is InChI=1S/C12H12.C9H15NS/c1-2-10-7-5-8-11-6-3-4-9-12(10)11;1-10(2)7-3-5-9-6-4-8-11-9/h3-9H,2H2,1H3;4,6,8H,3,5,7H2,1-2H3. The zero-order valence-electron chi connectivity index (χ0n) is 14.5. The summed E-state index contributed by atoms with van der Waals surface area (Å²) >= 11 is 1.86. The zero-order valence-corrected chi connectivity index (χ0v) is 15.3. The maximum atomic E-state index is 2.23. The van der Waals surface area contributed by atoms with Crippen molar-refractivity contribution in [2.45, 2.75) is 26.2 Å². The molecule has 0 bridgehead atoms. The minimum Gasteiger partial charge on any atom is -0.309 e. The fraction of sp³-hybridized carbons (Fsp3) is 0.333. The van der Waals surface area contributed by atoms with Crippen LogP contribution in [0.15, 0.2) is 60.0 Å². The minimum absolute atomic E-state index is 1.11. The number of rotatable bonds is 5. The van der Waals surface area contributed by atoms with Gasteiger partial charge in [-0.15, -0.1) is 11.3 Å². The highest BCUT2D eigenvalue weighted by atomic mass is 32.1. The van der Waals surface area contributed by atoms with Crippen molar-refractivity contribution in [2.24, 2.45) is 0 Å². The van der Waals surface area contributed by atoms with Crippen LogP contribution in [0, 0.1) is 0 Å². The number of hydrogen-bond acceptors (Lipinski definition) is 2. The normalized spacial score (nSPS) is 10.6. The summed E-state index contributed by atoms with van der Waals surface area (Å²) in [5, 5.41) is 4.88. The molecule has 0 spiro atoms. The van der Waals surface area contributed by atoms with Crippen LogP contribution in [0.2, 0.25) is 0 Å². The average Bonchev–Trinajstić information content (AvgIpc) is 3.08. The third kappa shape index (κ3) is 5.81. The Morgan fingerprint density at radius 2 is 1.70 bits per heavy atom. The van der Waals surface area contributed by atoms with Crippen LogP contribution < -0.4 is 0 Å². The highest BCUT2D eigenvalue weighted by Gasteiger charge is 1.95. The molecule has 2 aromatic carbocycles. The first-order valence-electron chi connectivity index (χ1n) is 8.34. The summed E-state index contributed by atoms with van der Waals surface area (Å²) in [5.74, 6) is 0. The van der Waals surface area contributed by atoms with Gasteiger partial charge in [0.2, 0.25) is 0 Å².